The summed E-state index contributed by atoms with van der Waals surface area (Å²) in [4.78, 5) is 56.4. The number of rotatable bonds is 5. The number of likely N-dealkylation sites (tertiary alicyclic amines) is 1. The zero-order valence-corrected chi connectivity index (χ0v) is 20.4. The molecule has 0 bridgehead atoms. The van der Waals surface area contributed by atoms with E-state index in [4.69, 9.17) is 0 Å². The number of para-hydroxylation sites is 1. The summed E-state index contributed by atoms with van der Waals surface area (Å²) in [5.74, 6) is -3.28. The summed E-state index contributed by atoms with van der Waals surface area (Å²) in [5.41, 5.74) is -1.36. The van der Waals surface area contributed by atoms with Crippen LogP contribution in [0.15, 0.2) is 42.6 Å². The van der Waals surface area contributed by atoms with Crippen LogP contribution in [0, 0.1) is 17.2 Å². The van der Waals surface area contributed by atoms with Gasteiger partial charge in [-0.25, -0.2) is 0 Å². The number of hydrogen-bond acceptors (Lipinski definition) is 6. The van der Waals surface area contributed by atoms with Crippen molar-refractivity contribution in [2.75, 3.05) is 17.2 Å². The van der Waals surface area contributed by atoms with Crippen LogP contribution in [0.4, 0.5) is 24.5 Å². The molecule has 10 nitrogen and oxygen atoms in total. The SMILES string of the molecule is N#C[C@@H]1C[C@@]2(CN1C(=O)[C@H](CC1CC1)NC(=O)C(=O)Nc1ccnc(C(F)(F)F)c1)C(=O)Nc1ccccc12. The highest BCUT2D eigenvalue weighted by Gasteiger charge is 2.56. The summed E-state index contributed by atoms with van der Waals surface area (Å²) in [7, 11) is 0. The highest BCUT2D eigenvalue weighted by Crippen LogP contribution is 2.46. The van der Waals surface area contributed by atoms with Crippen LogP contribution in [0.2, 0.25) is 0 Å². The van der Waals surface area contributed by atoms with E-state index in [0.717, 1.165) is 25.1 Å². The molecule has 1 aliphatic carbocycles. The topological polar surface area (TPSA) is 144 Å². The lowest BCUT2D eigenvalue weighted by Gasteiger charge is -2.27. The number of amides is 4. The Morgan fingerprint density at radius 2 is 1.95 bits per heavy atom. The van der Waals surface area contributed by atoms with E-state index in [1.54, 1.807) is 24.3 Å². The van der Waals surface area contributed by atoms with Gasteiger partial charge in [-0.2, -0.15) is 18.4 Å². The largest absolute Gasteiger partial charge is 0.433 e. The second-order valence-corrected chi connectivity index (χ2v) is 9.98. The summed E-state index contributed by atoms with van der Waals surface area (Å²) in [6, 6.07) is 8.70. The molecule has 3 aliphatic rings. The molecule has 1 aromatic carbocycles. The van der Waals surface area contributed by atoms with Gasteiger partial charge in [0.25, 0.3) is 0 Å². The predicted octanol–water partition coefficient (Wildman–Crippen LogP) is 2.34. The van der Waals surface area contributed by atoms with Gasteiger partial charge in [0.05, 0.1) is 11.5 Å². The minimum Gasteiger partial charge on any atom is -0.336 e. The van der Waals surface area contributed by atoms with Gasteiger partial charge >= 0.3 is 18.0 Å². The molecule has 1 aromatic heterocycles. The average Bonchev–Trinajstić information content (AvgIpc) is 3.57. The Labute approximate surface area is 220 Å². The number of alkyl halides is 3. The van der Waals surface area contributed by atoms with Gasteiger partial charge in [-0.1, -0.05) is 31.0 Å². The van der Waals surface area contributed by atoms with Crippen LogP contribution in [-0.4, -0.2) is 52.1 Å². The quantitative estimate of drug-likeness (QED) is 0.497. The average molecular weight is 541 g/mol. The fourth-order valence-electron chi connectivity index (χ4n) is 5.17. The van der Waals surface area contributed by atoms with Crippen molar-refractivity contribution < 1.29 is 32.3 Å². The minimum atomic E-state index is -4.74. The van der Waals surface area contributed by atoms with Gasteiger partial charge in [0.1, 0.15) is 17.8 Å². The molecule has 5 rings (SSSR count). The molecule has 1 saturated heterocycles. The lowest BCUT2D eigenvalue weighted by atomic mass is 9.80. The molecule has 3 atom stereocenters. The molecule has 39 heavy (non-hydrogen) atoms. The monoisotopic (exact) mass is 540 g/mol. The van der Waals surface area contributed by atoms with Crippen LogP contribution in [-0.2, 0) is 30.8 Å². The molecule has 1 spiro atoms. The van der Waals surface area contributed by atoms with E-state index in [-0.39, 0.29) is 36.9 Å². The number of carbonyl (C=O) groups excluding carboxylic acids is 4. The number of nitrogens with zero attached hydrogens (tertiary/aromatic N) is 3. The first-order valence-electron chi connectivity index (χ1n) is 12.3. The lowest BCUT2D eigenvalue weighted by Crippen LogP contribution is -2.53. The zero-order chi connectivity index (χ0) is 27.9. The maximum absolute atomic E-state index is 13.7. The lowest BCUT2D eigenvalue weighted by molar-refractivity contribution is -0.141. The van der Waals surface area contributed by atoms with Crippen LogP contribution in [0.25, 0.3) is 0 Å². The van der Waals surface area contributed by atoms with Gasteiger partial charge in [-0.05, 0) is 36.1 Å². The summed E-state index contributed by atoms with van der Waals surface area (Å²) >= 11 is 0. The van der Waals surface area contributed by atoms with Crippen molar-refractivity contribution in [2.45, 2.75) is 49.4 Å². The number of nitriles is 1. The Hall–Kier alpha value is -4.47. The Morgan fingerprint density at radius 3 is 2.64 bits per heavy atom. The molecular formula is C26H23F3N6O4. The first-order valence-corrected chi connectivity index (χ1v) is 12.3. The Balaban J connectivity index is 1.33. The van der Waals surface area contributed by atoms with Gasteiger partial charge in [0.2, 0.25) is 11.8 Å². The van der Waals surface area contributed by atoms with Gasteiger partial charge in [-0.15, -0.1) is 0 Å². The Bertz CT molecular complexity index is 1400. The molecule has 2 aromatic rings. The van der Waals surface area contributed by atoms with Crippen molar-refractivity contribution in [1.29, 1.82) is 5.26 Å². The number of pyridine rings is 1. The van der Waals surface area contributed by atoms with Crippen molar-refractivity contribution in [1.82, 2.24) is 15.2 Å². The highest BCUT2D eigenvalue weighted by atomic mass is 19.4. The van der Waals surface area contributed by atoms with Crippen LogP contribution in [0.1, 0.15) is 36.9 Å². The van der Waals surface area contributed by atoms with Gasteiger partial charge in [-0.3, -0.25) is 24.2 Å². The molecular weight excluding hydrogens is 517 g/mol. The van der Waals surface area contributed by atoms with E-state index in [1.807, 2.05) is 0 Å². The molecule has 0 unspecified atom stereocenters. The molecule has 1 saturated carbocycles. The number of fused-ring (bicyclic) bond motifs is 2. The van der Waals surface area contributed by atoms with Crippen LogP contribution < -0.4 is 16.0 Å². The van der Waals surface area contributed by atoms with Crippen molar-refractivity contribution in [3.05, 3.63) is 53.9 Å². The highest BCUT2D eigenvalue weighted by molar-refractivity contribution is 6.40. The molecule has 0 radical (unpaired) electrons. The number of nitrogens with one attached hydrogen (secondary N) is 3. The van der Waals surface area contributed by atoms with Crippen molar-refractivity contribution in [3.63, 3.8) is 0 Å². The summed E-state index contributed by atoms with van der Waals surface area (Å²) in [6.07, 6.45) is -1.96. The maximum Gasteiger partial charge on any atom is 0.433 e. The van der Waals surface area contributed by atoms with E-state index >= 15 is 0 Å². The third kappa shape index (κ3) is 5.01. The number of halogens is 3. The normalized spacial score (nSPS) is 22.6. The van der Waals surface area contributed by atoms with Crippen LogP contribution in [0.5, 0.6) is 0 Å². The molecule has 2 fully saturated rings. The maximum atomic E-state index is 13.7. The number of carbonyl (C=O) groups is 4. The van der Waals surface area contributed by atoms with Gasteiger partial charge in [0, 0.05) is 30.5 Å². The predicted molar refractivity (Wildman–Crippen MR) is 130 cm³/mol. The van der Waals surface area contributed by atoms with E-state index in [9.17, 15) is 37.6 Å². The fraction of sp³-hybridized carbons (Fsp3) is 0.385. The Kier molecular flexibility index (Phi) is 6.49. The van der Waals surface area contributed by atoms with Crippen molar-refractivity contribution in [3.8, 4) is 6.07 Å². The Morgan fingerprint density at radius 1 is 1.21 bits per heavy atom. The van der Waals surface area contributed by atoms with Crippen LogP contribution in [0.3, 0.4) is 0 Å². The number of hydrogen-bond donors (Lipinski definition) is 3. The van der Waals surface area contributed by atoms with Crippen molar-refractivity contribution in [2.24, 2.45) is 5.92 Å². The smallest absolute Gasteiger partial charge is 0.336 e. The van der Waals surface area contributed by atoms with Crippen molar-refractivity contribution >= 4 is 35.0 Å². The van der Waals surface area contributed by atoms with Gasteiger partial charge in [0.15, 0.2) is 0 Å². The summed E-state index contributed by atoms with van der Waals surface area (Å²) < 4.78 is 38.8. The van der Waals surface area contributed by atoms with E-state index in [2.05, 4.69) is 27.0 Å². The second kappa shape index (κ2) is 9.68. The number of aromatic nitrogens is 1. The third-order valence-electron chi connectivity index (χ3n) is 7.30. The molecule has 3 heterocycles. The standard InChI is InChI=1S/C26H23F3N6O4/c27-26(28,29)20-10-15(7-8-31-20)32-21(36)22(37)33-19(9-14-5-6-14)23(38)35-13-25(11-16(35)12-30)17-3-1-2-4-18(17)34-24(25)39/h1-4,7-8,10,14,16,19H,5-6,9,11,13H2,(H,33,37)(H,34,39)(H,31,32,36)/t16-,19-,25-/m0/s1. The molecule has 202 valence electrons. The molecule has 2 aliphatic heterocycles. The third-order valence-corrected chi connectivity index (χ3v) is 7.30. The van der Waals surface area contributed by atoms with Gasteiger partial charge < -0.3 is 20.9 Å². The molecule has 4 amide bonds. The summed E-state index contributed by atoms with van der Waals surface area (Å²) in [5, 5.41) is 17.1. The summed E-state index contributed by atoms with van der Waals surface area (Å²) in [6.45, 7) is -0.0760. The minimum absolute atomic E-state index is 0.0756. The molecule has 13 heteroatoms. The number of benzene rings is 1. The first-order chi connectivity index (χ1) is 18.5. The second-order valence-electron chi connectivity index (χ2n) is 9.98. The number of anilines is 2. The molecule has 3 N–H and O–H groups in total. The zero-order valence-electron chi connectivity index (χ0n) is 20.4. The van der Waals surface area contributed by atoms with E-state index in [0.29, 0.717) is 17.3 Å². The first kappa shape index (κ1) is 26.1. The van der Waals surface area contributed by atoms with E-state index in [1.165, 1.54) is 4.90 Å². The van der Waals surface area contributed by atoms with E-state index < -0.39 is 47.1 Å². The van der Waals surface area contributed by atoms with Crippen LogP contribution >= 0.6 is 0 Å². The fourth-order valence-corrected chi connectivity index (χ4v) is 5.17.